The standard InChI is InChI=1S/C20H29N5O2/c1-3-18(26)23-8-4-15(5-9-23)16-6-10-24(11-7-16)20(27)17-14-21-25-13-12-22(2)19(17)25/h12-16H,3-11H2,1-2H3. The summed E-state index contributed by atoms with van der Waals surface area (Å²) in [7, 11) is 1.94. The molecule has 2 fully saturated rings. The minimum absolute atomic E-state index is 0.0913. The van der Waals surface area contributed by atoms with Crippen LogP contribution in [0, 0.1) is 11.8 Å². The van der Waals surface area contributed by atoms with Crippen LogP contribution in [0.2, 0.25) is 0 Å². The number of hydrogen-bond donors (Lipinski definition) is 0. The van der Waals surface area contributed by atoms with Crippen molar-refractivity contribution >= 4 is 17.5 Å². The third kappa shape index (κ3) is 3.35. The van der Waals surface area contributed by atoms with Gasteiger partial charge in [0.05, 0.1) is 6.20 Å². The Morgan fingerprint density at radius 2 is 1.59 bits per heavy atom. The zero-order valence-corrected chi connectivity index (χ0v) is 16.3. The van der Waals surface area contributed by atoms with Crippen LogP contribution in [0.15, 0.2) is 18.6 Å². The fraction of sp³-hybridized carbons (Fsp3) is 0.650. The van der Waals surface area contributed by atoms with Crippen molar-refractivity contribution in [3.05, 3.63) is 24.2 Å². The summed E-state index contributed by atoms with van der Waals surface area (Å²) in [4.78, 5) is 28.8. The lowest BCUT2D eigenvalue weighted by atomic mass is 9.78. The molecule has 7 nitrogen and oxygen atoms in total. The second kappa shape index (κ2) is 7.37. The van der Waals surface area contributed by atoms with Crippen LogP contribution >= 0.6 is 0 Å². The van der Waals surface area contributed by atoms with E-state index in [2.05, 4.69) is 5.10 Å². The molecule has 0 bridgehead atoms. The Labute approximate surface area is 159 Å². The molecule has 27 heavy (non-hydrogen) atoms. The van der Waals surface area contributed by atoms with Crippen LogP contribution in [-0.4, -0.2) is 62.0 Å². The maximum Gasteiger partial charge on any atom is 0.259 e. The zero-order valence-electron chi connectivity index (χ0n) is 16.3. The molecule has 2 aromatic rings. The highest BCUT2D eigenvalue weighted by Gasteiger charge is 2.32. The molecule has 0 atom stereocenters. The highest BCUT2D eigenvalue weighted by Crippen LogP contribution is 2.33. The van der Waals surface area contributed by atoms with Gasteiger partial charge in [-0.15, -0.1) is 0 Å². The van der Waals surface area contributed by atoms with Crippen LogP contribution in [0.4, 0.5) is 0 Å². The minimum atomic E-state index is 0.0913. The number of fused-ring (bicyclic) bond motifs is 1. The van der Waals surface area contributed by atoms with E-state index in [4.69, 9.17) is 0 Å². The second-order valence-electron chi connectivity index (χ2n) is 7.94. The van der Waals surface area contributed by atoms with Gasteiger partial charge in [-0.1, -0.05) is 6.92 Å². The van der Waals surface area contributed by atoms with Gasteiger partial charge < -0.3 is 14.4 Å². The number of rotatable bonds is 3. The first-order valence-electron chi connectivity index (χ1n) is 10.1. The summed E-state index contributed by atoms with van der Waals surface area (Å²) < 4.78 is 3.70. The first kappa shape index (κ1) is 18.1. The van der Waals surface area contributed by atoms with Crippen molar-refractivity contribution in [3.63, 3.8) is 0 Å². The lowest BCUT2D eigenvalue weighted by molar-refractivity contribution is -0.132. The van der Waals surface area contributed by atoms with Gasteiger partial charge in [-0.2, -0.15) is 5.10 Å². The van der Waals surface area contributed by atoms with Crippen LogP contribution in [0.25, 0.3) is 5.65 Å². The lowest BCUT2D eigenvalue weighted by Crippen LogP contribution is -2.44. The van der Waals surface area contributed by atoms with Crippen LogP contribution in [-0.2, 0) is 11.8 Å². The maximum atomic E-state index is 13.0. The molecular formula is C20H29N5O2. The Bertz CT molecular complexity index is 823. The fourth-order valence-corrected chi connectivity index (χ4v) is 4.79. The van der Waals surface area contributed by atoms with Crippen molar-refractivity contribution in [2.24, 2.45) is 18.9 Å². The van der Waals surface area contributed by atoms with Gasteiger partial charge >= 0.3 is 0 Å². The van der Waals surface area contributed by atoms with E-state index in [-0.39, 0.29) is 11.8 Å². The van der Waals surface area contributed by atoms with E-state index in [0.717, 1.165) is 57.5 Å². The van der Waals surface area contributed by atoms with Crippen molar-refractivity contribution in [2.45, 2.75) is 39.0 Å². The van der Waals surface area contributed by atoms with E-state index in [1.165, 1.54) is 0 Å². The van der Waals surface area contributed by atoms with Gasteiger partial charge in [-0.3, -0.25) is 9.59 Å². The van der Waals surface area contributed by atoms with Crippen molar-refractivity contribution in [1.29, 1.82) is 0 Å². The first-order chi connectivity index (χ1) is 13.1. The molecule has 2 aliphatic heterocycles. The number of carbonyl (C=O) groups excluding carboxylic acids is 2. The average Bonchev–Trinajstić information content (AvgIpc) is 3.30. The number of carbonyl (C=O) groups is 2. The summed E-state index contributed by atoms with van der Waals surface area (Å²) in [6.07, 6.45) is 10.4. The predicted octanol–water partition coefficient (Wildman–Crippen LogP) is 2.17. The van der Waals surface area contributed by atoms with E-state index in [1.807, 2.05) is 40.7 Å². The molecule has 0 aliphatic carbocycles. The van der Waals surface area contributed by atoms with E-state index in [0.29, 0.717) is 23.8 Å². The van der Waals surface area contributed by atoms with E-state index in [9.17, 15) is 9.59 Å². The third-order valence-corrected chi connectivity index (χ3v) is 6.45. The number of nitrogens with zero attached hydrogens (tertiary/aromatic N) is 5. The van der Waals surface area contributed by atoms with Crippen LogP contribution < -0.4 is 0 Å². The molecule has 0 radical (unpaired) electrons. The summed E-state index contributed by atoms with van der Waals surface area (Å²) in [5, 5.41) is 4.29. The number of amides is 2. The lowest BCUT2D eigenvalue weighted by Gasteiger charge is -2.40. The molecule has 4 rings (SSSR count). The minimum Gasteiger partial charge on any atom is -0.343 e. The quantitative estimate of drug-likeness (QED) is 0.831. The molecular weight excluding hydrogens is 342 g/mol. The van der Waals surface area contributed by atoms with E-state index in [1.54, 1.807) is 10.7 Å². The summed E-state index contributed by atoms with van der Waals surface area (Å²) in [5.41, 5.74) is 1.54. The Morgan fingerprint density at radius 1 is 1.00 bits per heavy atom. The fourth-order valence-electron chi connectivity index (χ4n) is 4.79. The number of likely N-dealkylation sites (tertiary alicyclic amines) is 2. The number of aryl methyl sites for hydroxylation is 1. The molecule has 0 spiro atoms. The largest absolute Gasteiger partial charge is 0.343 e. The molecule has 2 aromatic heterocycles. The molecule has 7 heteroatoms. The van der Waals surface area contributed by atoms with Gasteiger partial charge in [-0.25, -0.2) is 4.52 Å². The summed E-state index contributed by atoms with van der Waals surface area (Å²) in [6, 6.07) is 0. The molecule has 0 saturated carbocycles. The number of piperidine rings is 2. The average molecular weight is 371 g/mol. The molecule has 2 aliphatic rings. The topological polar surface area (TPSA) is 62.9 Å². The predicted molar refractivity (Wildman–Crippen MR) is 102 cm³/mol. The monoisotopic (exact) mass is 371 g/mol. The Kier molecular flexibility index (Phi) is 4.93. The van der Waals surface area contributed by atoms with E-state index >= 15 is 0 Å². The summed E-state index contributed by atoms with van der Waals surface area (Å²) in [5.74, 6) is 1.74. The molecule has 0 unspecified atom stereocenters. The molecule has 4 heterocycles. The van der Waals surface area contributed by atoms with Crippen LogP contribution in [0.1, 0.15) is 49.4 Å². The van der Waals surface area contributed by atoms with Gasteiger partial charge in [0.25, 0.3) is 5.91 Å². The zero-order chi connectivity index (χ0) is 19.0. The maximum absolute atomic E-state index is 13.0. The summed E-state index contributed by atoms with van der Waals surface area (Å²) >= 11 is 0. The molecule has 2 saturated heterocycles. The Morgan fingerprint density at radius 3 is 2.19 bits per heavy atom. The van der Waals surface area contributed by atoms with Gasteiger partial charge in [0.2, 0.25) is 5.91 Å². The van der Waals surface area contributed by atoms with Crippen LogP contribution in [0.5, 0.6) is 0 Å². The Hall–Kier alpha value is -2.31. The van der Waals surface area contributed by atoms with Crippen molar-refractivity contribution in [3.8, 4) is 0 Å². The Balaban J connectivity index is 1.33. The smallest absolute Gasteiger partial charge is 0.259 e. The molecule has 146 valence electrons. The van der Waals surface area contributed by atoms with Crippen LogP contribution in [0.3, 0.4) is 0 Å². The second-order valence-corrected chi connectivity index (χ2v) is 7.94. The third-order valence-electron chi connectivity index (χ3n) is 6.45. The highest BCUT2D eigenvalue weighted by molar-refractivity contribution is 5.99. The van der Waals surface area contributed by atoms with Gasteiger partial charge in [0.15, 0.2) is 0 Å². The normalized spacial score (nSPS) is 19.8. The number of hydrogen-bond acceptors (Lipinski definition) is 3. The number of imidazole rings is 1. The summed E-state index contributed by atoms with van der Waals surface area (Å²) in [6.45, 7) is 5.38. The van der Waals surface area contributed by atoms with Gasteiger partial charge in [0.1, 0.15) is 11.2 Å². The van der Waals surface area contributed by atoms with E-state index < -0.39 is 0 Å². The molecule has 0 N–H and O–H groups in total. The number of aromatic nitrogens is 3. The highest BCUT2D eigenvalue weighted by atomic mass is 16.2. The van der Waals surface area contributed by atoms with Crippen molar-refractivity contribution < 1.29 is 9.59 Å². The molecule has 0 aromatic carbocycles. The van der Waals surface area contributed by atoms with Gasteiger partial charge in [0, 0.05) is 52.0 Å². The SMILES string of the molecule is CCC(=O)N1CCC(C2CCN(C(=O)c3cnn4ccn(C)c34)CC2)CC1. The van der Waals surface area contributed by atoms with Gasteiger partial charge in [-0.05, 0) is 37.5 Å². The molecule has 2 amide bonds. The van der Waals surface area contributed by atoms with Crippen molar-refractivity contribution in [2.75, 3.05) is 26.2 Å². The first-order valence-corrected chi connectivity index (χ1v) is 10.1. The van der Waals surface area contributed by atoms with Crippen molar-refractivity contribution in [1.82, 2.24) is 24.0 Å².